The van der Waals surface area contributed by atoms with E-state index < -0.39 is 5.97 Å². The highest BCUT2D eigenvalue weighted by Gasteiger charge is 2.42. The third-order valence-corrected chi connectivity index (χ3v) is 3.88. The van der Waals surface area contributed by atoms with E-state index in [0.29, 0.717) is 5.92 Å². The van der Waals surface area contributed by atoms with Crippen LogP contribution in [0, 0.1) is 11.8 Å². The van der Waals surface area contributed by atoms with Crippen molar-refractivity contribution in [2.75, 3.05) is 19.7 Å². The highest BCUT2D eigenvalue weighted by Crippen LogP contribution is 2.35. The summed E-state index contributed by atoms with van der Waals surface area (Å²) in [5.41, 5.74) is 0. The van der Waals surface area contributed by atoms with Gasteiger partial charge in [0.2, 0.25) is 0 Å². The fraction of sp³-hybridized carbons (Fsp3) is 0.909. The van der Waals surface area contributed by atoms with Gasteiger partial charge in [0, 0.05) is 19.2 Å². The van der Waals surface area contributed by atoms with Crippen LogP contribution in [0.4, 0.5) is 0 Å². The van der Waals surface area contributed by atoms with Gasteiger partial charge in [0.05, 0.1) is 5.92 Å². The number of likely N-dealkylation sites (tertiary alicyclic amines) is 1. The van der Waals surface area contributed by atoms with Crippen LogP contribution in [-0.2, 0) is 4.79 Å². The van der Waals surface area contributed by atoms with Crippen LogP contribution in [-0.4, -0.2) is 46.8 Å². The Hall–Kier alpha value is -0.610. The number of aliphatic carboxylic acids is 1. The largest absolute Gasteiger partial charge is 0.481 e. The maximum Gasteiger partial charge on any atom is 0.308 e. The lowest BCUT2D eigenvalue weighted by Crippen LogP contribution is -2.49. The summed E-state index contributed by atoms with van der Waals surface area (Å²) in [4.78, 5) is 13.2. The van der Waals surface area contributed by atoms with E-state index in [4.69, 9.17) is 10.2 Å². The molecular formula is C11H19NO3. The lowest BCUT2D eigenvalue weighted by atomic mass is 9.78. The second-order valence-electron chi connectivity index (χ2n) is 4.75. The topological polar surface area (TPSA) is 60.8 Å². The van der Waals surface area contributed by atoms with Crippen molar-refractivity contribution >= 4 is 5.97 Å². The van der Waals surface area contributed by atoms with Gasteiger partial charge < -0.3 is 10.2 Å². The van der Waals surface area contributed by atoms with Crippen LogP contribution in [0.1, 0.15) is 25.7 Å². The van der Waals surface area contributed by atoms with Crippen molar-refractivity contribution in [3.05, 3.63) is 0 Å². The molecule has 1 saturated carbocycles. The van der Waals surface area contributed by atoms with Gasteiger partial charge >= 0.3 is 5.97 Å². The Labute approximate surface area is 89.9 Å². The maximum absolute atomic E-state index is 10.9. The predicted molar refractivity (Wildman–Crippen MR) is 55.5 cm³/mol. The van der Waals surface area contributed by atoms with Gasteiger partial charge in [-0.05, 0) is 38.1 Å². The third-order valence-electron chi connectivity index (χ3n) is 3.88. The van der Waals surface area contributed by atoms with Crippen molar-refractivity contribution in [3.63, 3.8) is 0 Å². The molecule has 0 radical (unpaired) electrons. The minimum Gasteiger partial charge on any atom is -0.481 e. The van der Waals surface area contributed by atoms with Gasteiger partial charge in [-0.15, -0.1) is 0 Å². The quantitative estimate of drug-likeness (QED) is 0.716. The lowest BCUT2D eigenvalue weighted by molar-refractivity contribution is -0.148. The van der Waals surface area contributed by atoms with Crippen molar-refractivity contribution in [2.45, 2.75) is 31.7 Å². The minimum absolute atomic E-state index is 0.141. The summed E-state index contributed by atoms with van der Waals surface area (Å²) in [5.74, 6) is -0.209. The second-order valence-corrected chi connectivity index (χ2v) is 4.75. The molecule has 3 atom stereocenters. The zero-order valence-electron chi connectivity index (χ0n) is 8.93. The van der Waals surface area contributed by atoms with Crippen molar-refractivity contribution in [1.82, 2.24) is 4.90 Å². The van der Waals surface area contributed by atoms with E-state index in [0.717, 1.165) is 38.8 Å². The fourth-order valence-corrected chi connectivity index (χ4v) is 2.79. The van der Waals surface area contributed by atoms with Gasteiger partial charge in [0.15, 0.2) is 0 Å². The zero-order chi connectivity index (χ0) is 10.8. The van der Waals surface area contributed by atoms with Crippen molar-refractivity contribution in [2.24, 2.45) is 11.8 Å². The molecule has 1 aliphatic heterocycles. The number of nitrogens with zero attached hydrogens (tertiary/aromatic N) is 1. The van der Waals surface area contributed by atoms with Crippen LogP contribution in [0.5, 0.6) is 0 Å². The molecule has 2 fully saturated rings. The first-order valence-corrected chi connectivity index (χ1v) is 5.80. The van der Waals surface area contributed by atoms with Crippen molar-refractivity contribution in [1.29, 1.82) is 0 Å². The Bertz CT molecular complexity index is 244. The van der Waals surface area contributed by atoms with Crippen LogP contribution >= 0.6 is 0 Å². The normalized spacial score (nSPS) is 36.5. The first kappa shape index (κ1) is 10.9. The summed E-state index contributed by atoms with van der Waals surface area (Å²) in [5, 5.41) is 17.8. The van der Waals surface area contributed by atoms with Crippen LogP contribution in [0.15, 0.2) is 0 Å². The highest BCUT2D eigenvalue weighted by atomic mass is 16.4. The molecule has 1 aliphatic carbocycles. The number of aliphatic hydroxyl groups is 1. The molecule has 2 N–H and O–H groups in total. The van der Waals surface area contributed by atoms with E-state index in [1.807, 2.05) is 0 Å². The lowest BCUT2D eigenvalue weighted by Gasteiger charge is -2.40. The average molecular weight is 213 g/mol. The molecule has 0 bridgehead atoms. The molecule has 15 heavy (non-hydrogen) atoms. The van der Waals surface area contributed by atoms with Crippen LogP contribution < -0.4 is 0 Å². The molecule has 2 rings (SSSR count). The SMILES string of the molecule is O=C(O)C1CCC1N1CCC(CCO)C1. The smallest absolute Gasteiger partial charge is 0.308 e. The van der Waals surface area contributed by atoms with E-state index in [1.54, 1.807) is 0 Å². The molecule has 4 heteroatoms. The average Bonchev–Trinajstić information content (AvgIpc) is 2.50. The molecule has 1 heterocycles. The highest BCUT2D eigenvalue weighted by molar-refractivity contribution is 5.72. The molecule has 0 spiro atoms. The number of aliphatic hydroxyl groups excluding tert-OH is 1. The molecule has 0 aromatic carbocycles. The maximum atomic E-state index is 10.9. The van der Waals surface area contributed by atoms with E-state index in [-0.39, 0.29) is 18.6 Å². The van der Waals surface area contributed by atoms with Gasteiger partial charge in [0.1, 0.15) is 0 Å². The monoisotopic (exact) mass is 213 g/mol. The Morgan fingerprint density at radius 2 is 2.13 bits per heavy atom. The summed E-state index contributed by atoms with van der Waals surface area (Å²) in [7, 11) is 0. The summed E-state index contributed by atoms with van der Waals surface area (Å²) in [6.07, 6.45) is 3.84. The van der Waals surface area contributed by atoms with E-state index in [9.17, 15) is 4.79 Å². The third kappa shape index (κ3) is 2.16. The number of carboxylic acids is 1. The number of hydrogen-bond acceptors (Lipinski definition) is 3. The zero-order valence-corrected chi connectivity index (χ0v) is 8.93. The number of rotatable bonds is 4. The van der Waals surface area contributed by atoms with Crippen molar-refractivity contribution in [3.8, 4) is 0 Å². The van der Waals surface area contributed by atoms with Crippen LogP contribution in [0.25, 0.3) is 0 Å². The molecule has 0 aromatic rings. The predicted octanol–water partition coefficient (Wildman–Crippen LogP) is 0.554. The first-order valence-electron chi connectivity index (χ1n) is 5.80. The van der Waals surface area contributed by atoms with E-state index in [2.05, 4.69) is 4.90 Å². The van der Waals surface area contributed by atoms with Gasteiger partial charge in [-0.2, -0.15) is 0 Å². The molecule has 3 unspecified atom stereocenters. The van der Waals surface area contributed by atoms with E-state index >= 15 is 0 Å². The summed E-state index contributed by atoms with van der Waals surface area (Å²) in [6, 6.07) is 0.270. The first-order chi connectivity index (χ1) is 7.22. The number of hydrogen-bond donors (Lipinski definition) is 2. The van der Waals surface area contributed by atoms with Gasteiger partial charge in [-0.25, -0.2) is 0 Å². The molecule has 86 valence electrons. The molecule has 0 amide bonds. The molecule has 2 aliphatic rings. The Kier molecular flexibility index (Phi) is 3.26. The Morgan fingerprint density at radius 3 is 2.67 bits per heavy atom. The summed E-state index contributed by atoms with van der Waals surface area (Å²) in [6.45, 7) is 2.25. The standard InChI is InChI=1S/C11H19NO3/c13-6-4-8-3-5-12(7-8)10-2-1-9(10)11(14)15/h8-10,13H,1-7H2,(H,14,15). The van der Waals surface area contributed by atoms with Gasteiger partial charge in [-0.1, -0.05) is 0 Å². The second kappa shape index (κ2) is 4.49. The number of carboxylic acid groups (broad SMARTS) is 1. The van der Waals surface area contributed by atoms with Gasteiger partial charge in [-0.3, -0.25) is 9.69 Å². The Morgan fingerprint density at radius 1 is 1.33 bits per heavy atom. The van der Waals surface area contributed by atoms with Crippen LogP contribution in [0.3, 0.4) is 0 Å². The van der Waals surface area contributed by atoms with Gasteiger partial charge in [0.25, 0.3) is 0 Å². The number of carbonyl (C=O) groups is 1. The summed E-state index contributed by atoms with van der Waals surface area (Å²) >= 11 is 0. The molecular weight excluding hydrogens is 194 g/mol. The molecule has 4 nitrogen and oxygen atoms in total. The molecule has 0 aromatic heterocycles. The fourth-order valence-electron chi connectivity index (χ4n) is 2.79. The van der Waals surface area contributed by atoms with E-state index in [1.165, 1.54) is 0 Å². The van der Waals surface area contributed by atoms with Crippen LogP contribution in [0.2, 0.25) is 0 Å². The van der Waals surface area contributed by atoms with Crippen molar-refractivity contribution < 1.29 is 15.0 Å². The Balaban J connectivity index is 1.83. The minimum atomic E-state index is -0.642. The molecule has 1 saturated heterocycles. The summed E-state index contributed by atoms with van der Waals surface area (Å²) < 4.78 is 0.